The summed E-state index contributed by atoms with van der Waals surface area (Å²) in [4.78, 5) is 40.1. The Morgan fingerprint density at radius 3 is 1.98 bits per heavy atom. The molecule has 4 rings (SSSR count). The van der Waals surface area contributed by atoms with Crippen LogP contribution in [0.2, 0.25) is 0 Å². The van der Waals surface area contributed by atoms with E-state index in [9.17, 15) is 27.6 Å². The topological polar surface area (TPSA) is 107 Å². The van der Waals surface area contributed by atoms with E-state index < -0.39 is 41.4 Å². The molecule has 0 amide bonds. The molecule has 0 saturated heterocycles. The van der Waals surface area contributed by atoms with E-state index in [1.807, 2.05) is 13.8 Å². The van der Waals surface area contributed by atoms with Crippen molar-refractivity contribution in [2.75, 3.05) is 12.4 Å². The fourth-order valence-electron chi connectivity index (χ4n) is 4.64. The van der Waals surface area contributed by atoms with Gasteiger partial charge in [0.15, 0.2) is 17.8 Å². The number of esters is 1. The van der Waals surface area contributed by atoms with Crippen molar-refractivity contribution in [1.29, 1.82) is 0 Å². The van der Waals surface area contributed by atoms with Crippen LogP contribution in [0, 0.1) is 6.92 Å². The standard InChI is InChI=1S/C35H32F3N3O5/c1-21(2)23-11-13-25(14-12-23)32(43)30(28(20-42)46-33(34(44)45-4)26-8-6-5-7-9-26)31(39-29-19-10-22(3)40-41-29)24-15-17-27(18-16-24)35(36,37)38/h5-21,31,33H,1-4H3,(H,39,41)/b30-28-/t31-,33+/m0/s1. The van der Waals surface area contributed by atoms with Crippen LogP contribution in [0.4, 0.5) is 19.0 Å². The van der Waals surface area contributed by atoms with E-state index in [2.05, 4.69) is 15.5 Å². The maximum atomic E-state index is 14.4. The number of rotatable bonds is 12. The second kappa shape index (κ2) is 14.6. The van der Waals surface area contributed by atoms with Crippen LogP contribution in [0.5, 0.6) is 0 Å². The van der Waals surface area contributed by atoms with E-state index in [1.165, 1.54) is 12.1 Å². The smallest absolute Gasteiger partial charge is 0.416 e. The van der Waals surface area contributed by atoms with Gasteiger partial charge in [0.05, 0.1) is 30.0 Å². The molecule has 4 aromatic rings. The van der Waals surface area contributed by atoms with Crippen molar-refractivity contribution in [2.45, 2.75) is 45.0 Å². The Morgan fingerprint density at radius 2 is 1.46 bits per heavy atom. The number of Topliss-reactive ketones (excluding diaryl/α,β-unsaturated/α-hetero) is 1. The lowest BCUT2D eigenvalue weighted by atomic mass is 9.89. The summed E-state index contributed by atoms with van der Waals surface area (Å²) in [5.41, 5.74) is 1.04. The molecule has 0 unspecified atom stereocenters. The molecule has 1 aromatic heterocycles. The molecule has 0 aliphatic rings. The number of halogens is 3. The van der Waals surface area contributed by atoms with Gasteiger partial charge in [0.1, 0.15) is 5.82 Å². The highest BCUT2D eigenvalue weighted by molar-refractivity contribution is 6.12. The van der Waals surface area contributed by atoms with E-state index in [4.69, 9.17) is 9.47 Å². The van der Waals surface area contributed by atoms with Crippen molar-refractivity contribution in [3.63, 3.8) is 0 Å². The van der Waals surface area contributed by atoms with Gasteiger partial charge in [0.2, 0.25) is 6.10 Å². The van der Waals surface area contributed by atoms with Crippen molar-refractivity contribution < 1.29 is 37.0 Å². The summed E-state index contributed by atoms with van der Waals surface area (Å²) in [5.74, 6) is -1.72. The monoisotopic (exact) mass is 631 g/mol. The summed E-state index contributed by atoms with van der Waals surface area (Å²) in [7, 11) is 1.15. The summed E-state index contributed by atoms with van der Waals surface area (Å²) in [6.45, 7) is 5.70. The summed E-state index contributed by atoms with van der Waals surface area (Å²) < 4.78 is 51.4. The summed E-state index contributed by atoms with van der Waals surface area (Å²) in [6.07, 6.45) is -5.78. The molecule has 0 aliphatic heterocycles. The van der Waals surface area contributed by atoms with E-state index in [0.29, 0.717) is 11.3 Å². The number of ether oxygens (including phenoxy) is 2. The van der Waals surface area contributed by atoms with Crippen LogP contribution in [0.1, 0.15) is 70.2 Å². The normalized spacial score (nSPS) is 13.3. The molecule has 1 heterocycles. The average molecular weight is 632 g/mol. The number of anilines is 1. The first-order valence-electron chi connectivity index (χ1n) is 14.3. The third-order valence-electron chi connectivity index (χ3n) is 7.17. The van der Waals surface area contributed by atoms with Gasteiger partial charge in [-0.3, -0.25) is 9.59 Å². The average Bonchev–Trinajstić information content (AvgIpc) is 3.06. The molecular weight excluding hydrogens is 599 g/mol. The van der Waals surface area contributed by atoms with Gasteiger partial charge >= 0.3 is 12.1 Å². The third kappa shape index (κ3) is 8.03. The van der Waals surface area contributed by atoms with Gasteiger partial charge in [0.25, 0.3) is 0 Å². The molecule has 0 spiro atoms. The number of aldehydes is 1. The second-order valence-corrected chi connectivity index (χ2v) is 10.7. The number of ketones is 1. The quantitative estimate of drug-likeness (QED) is 0.0569. The van der Waals surface area contributed by atoms with Crippen LogP contribution >= 0.6 is 0 Å². The van der Waals surface area contributed by atoms with E-state index in [0.717, 1.165) is 24.8 Å². The van der Waals surface area contributed by atoms with Crippen LogP contribution in [-0.2, 0) is 25.2 Å². The summed E-state index contributed by atoms with van der Waals surface area (Å²) >= 11 is 0. The number of nitrogens with one attached hydrogen (secondary N) is 1. The minimum Gasteiger partial charge on any atom is -0.470 e. The lowest BCUT2D eigenvalue weighted by Crippen LogP contribution is -2.25. The van der Waals surface area contributed by atoms with Gasteiger partial charge in [0, 0.05) is 11.1 Å². The van der Waals surface area contributed by atoms with Gasteiger partial charge in [-0.15, -0.1) is 5.10 Å². The third-order valence-corrected chi connectivity index (χ3v) is 7.17. The molecule has 0 fully saturated rings. The van der Waals surface area contributed by atoms with E-state index in [-0.39, 0.29) is 34.7 Å². The SMILES string of the molecule is COC(=O)[C@H](O/C(C=O)=C(\C(=O)c1ccc(C(C)C)cc1)[C@@H](Nc1ccc(C)nn1)c1ccc(C(F)(F)F)cc1)c1ccccc1. The summed E-state index contributed by atoms with van der Waals surface area (Å²) in [5, 5.41) is 11.2. The Labute approximate surface area is 264 Å². The maximum Gasteiger partial charge on any atom is 0.416 e. The van der Waals surface area contributed by atoms with Crippen LogP contribution in [0.25, 0.3) is 0 Å². The maximum absolute atomic E-state index is 14.4. The number of hydrogen-bond acceptors (Lipinski definition) is 8. The van der Waals surface area contributed by atoms with Crippen molar-refractivity contribution >= 4 is 23.9 Å². The van der Waals surface area contributed by atoms with Crippen molar-refractivity contribution in [3.05, 3.63) is 136 Å². The number of carbonyl (C=O) groups excluding carboxylic acids is 3. The van der Waals surface area contributed by atoms with E-state index >= 15 is 0 Å². The number of allylic oxidation sites excluding steroid dienone is 1. The molecular formula is C35H32F3N3O5. The Morgan fingerprint density at radius 1 is 0.826 bits per heavy atom. The molecule has 1 N–H and O–H groups in total. The van der Waals surface area contributed by atoms with Crippen LogP contribution in [-0.4, -0.2) is 35.3 Å². The zero-order valence-corrected chi connectivity index (χ0v) is 25.5. The zero-order chi connectivity index (χ0) is 33.4. The minimum atomic E-state index is -4.61. The number of hydrogen-bond donors (Lipinski definition) is 1. The zero-order valence-electron chi connectivity index (χ0n) is 25.5. The number of nitrogens with zero attached hydrogens (tertiary/aromatic N) is 2. The van der Waals surface area contributed by atoms with Crippen molar-refractivity contribution in [3.8, 4) is 0 Å². The predicted molar refractivity (Wildman–Crippen MR) is 165 cm³/mol. The molecule has 3 aromatic carbocycles. The Kier molecular flexibility index (Phi) is 10.7. The highest BCUT2D eigenvalue weighted by Crippen LogP contribution is 2.36. The van der Waals surface area contributed by atoms with Crippen LogP contribution in [0.3, 0.4) is 0 Å². The second-order valence-electron chi connectivity index (χ2n) is 10.7. The molecule has 0 bridgehead atoms. The molecule has 0 aliphatic carbocycles. The van der Waals surface area contributed by atoms with Gasteiger partial charge in [-0.05, 0) is 48.2 Å². The number of aryl methyl sites for hydroxylation is 1. The lowest BCUT2D eigenvalue weighted by Gasteiger charge is -2.26. The first kappa shape index (κ1) is 33.6. The van der Waals surface area contributed by atoms with E-state index in [1.54, 1.807) is 73.7 Å². The fourth-order valence-corrected chi connectivity index (χ4v) is 4.64. The molecule has 2 atom stereocenters. The van der Waals surface area contributed by atoms with Gasteiger partial charge in [-0.2, -0.15) is 18.3 Å². The number of methoxy groups -OCH3 is 1. The van der Waals surface area contributed by atoms with Gasteiger partial charge < -0.3 is 14.8 Å². The molecule has 46 heavy (non-hydrogen) atoms. The molecule has 0 saturated carbocycles. The predicted octanol–water partition coefficient (Wildman–Crippen LogP) is 7.35. The fraction of sp³-hybridized carbons (Fsp3) is 0.229. The first-order valence-corrected chi connectivity index (χ1v) is 14.3. The highest BCUT2D eigenvalue weighted by Gasteiger charge is 2.34. The molecule has 11 heteroatoms. The van der Waals surface area contributed by atoms with Gasteiger partial charge in [-0.1, -0.05) is 80.6 Å². The highest BCUT2D eigenvalue weighted by atomic mass is 19.4. The molecule has 0 radical (unpaired) electrons. The van der Waals surface area contributed by atoms with Crippen LogP contribution < -0.4 is 5.32 Å². The number of aromatic nitrogens is 2. The number of benzene rings is 3. The number of alkyl halides is 3. The van der Waals surface area contributed by atoms with Crippen LogP contribution in [0.15, 0.2) is 102 Å². The Balaban J connectivity index is 1.96. The van der Waals surface area contributed by atoms with Crippen molar-refractivity contribution in [1.82, 2.24) is 10.2 Å². The van der Waals surface area contributed by atoms with Crippen molar-refractivity contribution in [2.24, 2.45) is 0 Å². The molecule has 238 valence electrons. The Hall–Kier alpha value is -5.32. The number of carbonyl (C=O) groups is 3. The molecule has 8 nitrogen and oxygen atoms in total. The first-order chi connectivity index (χ1) is 21.9. The lowest BCUT2D eigenvalue weighted by molar-refractivity contribution is -0.152. The van der Waals surface area contributed by atoms with Gasteiger partial charge in [-0.25, -0.2) is 4.79 Å². The Bertz CT molecular complexity index is 1690. The largest absolute Gasteiger partial charge is 0.470 e. The summed E-state index contributed by atoms with van der Waals surface area (Å²) in [6, 6.07) is 21.0. The minimum absolute atomic E-state index is 0.161.